The zero-order valence-electron chi connectivity index (χ0n) is 11.1. The van der Waals surface area contributed by atoms with Crippen molar-refractivity contribution < 1.29 is 0 Å². The van der Waals surface area contributed by atoms with E-state index in [0.717, 1.165) is 17.1 Å². The lowest BCUT2D eigenvalue weighted by Crippen LogP contribution is -2.16. The smallest absolute Gasteiger partial charge is 0.137 e. The second kappa shape index (κ2) is 5.19. The van der Waals surface area contributed by atoms with Crippen molar-refractivity contribution in [3.8, 4) is 0 Å². The van der Waals surface area contributed by atoms with Crippen molar-refractivity contribution in [1.82, 2.24) is 4.98 Å². The summed E-state index contributed by atoms with van der Waals surface area (Å²) in [6.07, 6.45) is 1.83. The van der Waals surface area contributed by atoms with Crippen molar-refractivity contribution in [2.24, 2.45) is 5.73 Å². The van der Waals surface area contributed by atoms with Crippen molar-refractivity contribution in [1.29, 1.82) is 0 Å². The first-order valence-corrected chi connectivity index (χ1v) is 6.08. The second-order valence-electron chi connectivity index (χ2n) is 4.53. The van der Waals surface area contributed by atoms with E-state index in [2.05, 4.69) is 48.0 Å². The fraction of sp³-hybridized carbons (Fsp3) is 0.267. The van der Waals surface area contributed by atoms with Crippen LogP contribution in [0.5, 0.6) is 0 Å². The molecule has 94 valence electrons. The Morgan fingerprint density at radius 1 is 1.22 bits per heavy atom. The number of hydrogen-bond donors (Lipinski definition) is 1. The maximum absolute atomic E-state index is 5.83. The van der Waals surface area contributed by atoms with E-state index in [1.165, 1.54) is 11.1 Å². The monoisotopic (exact) mass is 241 g/mol. The molecule has 3 heteroatoms. The number of benzene rings is 1. The van der Waals surface area contributed by atoms with Crippen LogP contribution in [0.25, 0.3) is 0 Å². The van der Waals surface area contributed by atoms with E-state index >= 15 is 0 Å². The van der Waals surface area contributed by atoms with Gasteiger partial charge in [-0.3, -0.25) is 0 Å². The Morgan fingerprint density at radius 3 is 2.67 bits per heavy atom. The number of aryl methyl sites for hydroxylation is 2. The van der Waals surface area contributed by atoms with E-state index in [1.807, 2.05) is 19.3 Å². The summed E-state index contributed by atoms with van der Waals surface area (Å²) in [5.41, 5.74) is 10.5. The molecule has 1 aromatic heterocycles. The highest BCUT2D eigenvalue weighted by atomic mass is 15.2. The summed E-state index contributed by atoms with van der Waals surface area (Å²) in [6, 6.07) is 10.4. The summed E-state index contributed by atoms with van der Waals surface area (Å²) >= 11 is 0. The normalized spacial score (nSPS) is 10.4. The number of pyridine rings is 1. The van der Waals surface area contributed by atoms with E-state index in [4.69, 9.17) is 5.73 Å². The van der Waals surface area contributed by atoms with Crippen LogP contribution in [0.2, 0.25) is 0 Å². The molecule has 0 spiro atoms. The van der Waals surface area contributed by atoms with Gasteiger partial charge < -0.3 is 10.6 Å². The number of nitrogens with zero attached hydrogens (tertiary/aromatic N) is 2. The third-order valence-electron chi connectivity index (χ3n) is 3.18. The van der Waals surface area contributed by atoms with Crippen LogP contribution in [0.15, 0.2) is 36.5 Å². The van der Waals surface area contributed by atoms with Gasteiger partial charge in [-0.05, 0) is 43.2 Å². The molecule has 1 heterocycles. The Hall–Kier alpha value is -1.87. The summed E-state index contributed by atoms with van der Waals surface area (Å²) in [7, 11) is 2.02. The molecule has 2 aromatic rings. The second-order valence-corrected chi connectivity index (χ2v) is 4.53. The van der Waals surface area contributed by atoms with Gasteiger partial charge >= 0.3 is 0 Å². The Bertz CT molecular complexity index is 549. The highest BCUT2D eigenvalue weighted by Gasteiger charge is 2.11. The minimum Gasteiger partial charge on any atom is -0.329 e. The van der Waals surface area contributed by atoms with Crippen molar-refractivity contribution >= 4 is 11.5 Å². The first kappa shape index (κ1) is 12.6. The molecule has 0 bridgehead atoms. The van der Waals surface area contributed by atoms with Gasteiger partial charge in [-0.1, -0.05) is 12.1 Å². The molecular formula is C15H19N3. The van der Waals surface area contributed by atoms with E-state index in [-0.39, 0.29) is 0 Å². The Kier molecular flexibility index (Phi) is 3.63. The highest BCUT2D eigenvalue weighted by molar-refractivity contribution is 5.63. The zero-order valence-corrected chi connectivity index (χ0v) is 11.1. The van der Waals surface area contributed by atoms with Crippen LogP contribution in [0.1, 0.15) is 16.7 Å². The lowest BCUT2D eigenvalue weighted by molar-refractivity contribution is 0.991. The van der Waals surface area contributed by atoms with Gasteiger partial charge in [0.05, 0.1) is 0 Å². The molecule has 0 unspecified atom stereocenters. The third kappa shape index (κ3) is 2.36. The largest absolute Gasteiger partial charge is 0.329 e. The molecule has 0 saturated carbocycles. The Labute approximate surface area is 108 Å². The molecule has 0 fully saturated rings. The average molecular weight is 241 g/mol. The molecule has 18 heavy (non-hydrogen) atoms. The van der Waals surface area contributed by atoms with Gasteiger partial charge in [0.2, 0.25) is 0 Å². The molecule has 0 saturated heterocycles. The van der Waals surface area contributed by atoms with E-state index in [9.17, 15) is 0 Å². The molecule has 2 rings (SSSR count). The summed E-state index contributed by atoms with van der Waals surface area (Å²) in [5, 5.41) is 0. The van der Waals surface area contributed by atoms with Crippen LogP contribution in [-0.4, -0.2) is 12.0 Å². The third-order valence-corrected chi connectivity index (χ3v) is 3.18. The Morgan fingerprint density at radius 2 is 2.00 bits per heavy atom. The number of anilines is 2. The van der Waals surface area contributed by atoms with E-state index in [0.29, 0.717) is 6.54 Å². The standard InChI is InChI=1S/C15H19N3/c1-11-5-4-6-13(9-11)18(3)15-14(10-16)12(2)7-8-17-15/h4-9H,10,16H2,1-3H3. The van der Waals surface area contributed by atoms with Gasteiger partial charge in [0, 0.05) is 31.0 Å². The van der Waals surface area contributed by atoms with E-state index in [1.54, 1.807) is 0 Å². The minimum absolute atomic E-state index is 0.505. The highest BCUT2D eigenvalue weighted by Crippen LogP contribution is 2.26. The number of aromatic nitrogens is 1. The lowest BCUT2D eigenvalue weighted by Gasteiger charge is -2.22. The molecule has 0 atom stereocenters. The average Bonchev–Trinajstić information content (AvgIpc) is 2.37. The molecular weight excluding hydrogens is 222 g/mol. The maximum atomic E-state index is 5.83. The van der Waals surface area contributed by atoms with Crippen LogP contribution < -0.4 is 10.6 Å². The van der Waals surface area contributed by atoms with Crippen molar-refractivity contribution in [2.45, 2.75) is 20.4 Å². The summed E-state index contributed by atoms with van der Waals surface area (Å²) in [5.74, 6) is 0.933. The number of nitrogens with two attached hydrogens (primary N) is 1. The minimum atomic E-state index is 0.505. The van der Waals surface area contributed by atoms with Gasteiger partial charge in [0.15, 0.2) is 0 Å². The zero-order chi connectivity index (χ0) is 13.1. The summed E-state index contributed by atoms with van der Waals surface area (Å²) < 4.78 is 0. The van der Waals surface area contributed by atoms with Crippen molar-refractivity contribution in [3.05, 3.63) is 53.2 Å². The van der Waals surface area contributed by atoms with Gasteiger partial charge in [-0.2, -0.15) is 0 Å². The Balaban J connectivity index is 2.46. The number of rotatable bonds is 3. The van der Waals surface area contributed by atoms with Crippen LogP contribution in [0, 0.1) is 13.8 Å². The predicted molar refractivity (Wildman–Crippen MR) is 76.1 cm³/mol. The first-order valence-electron chi connectivity index (χ1n) is 6.08. The molecule has 1 aromatic carbocycles. The fourth-order valence-corrected chi connectivity index (χ4v) is 2.07. The molecule has 0 amide bonds. The first-order chi connectivity index (χ1) is 8.63. The van der Waals surface area contributed by atoms with Gasteiger partial charge in [0.1, 0.15) is 5.82 Å². The fourth-order valence-electron chi connectivity index (χ4n) is 2.07. The quantitative estimate of drug-likeness (QED) is 0.898. The molecule has 3 nitrogen and oxygen atoms in total. The summed E-state index contributed by atoms with van der Waals surface area (Å²) in [4.78, 5) is 6.55. The molecule has 0 aliphatic rings. The molecule has 2 N–H and O–H groups in total. The van der Waals surface area contributed by atoms with Crippen LogP contribution >= 0.6 is 0 Å². The SMILES string of the molecule is Cc1cccc(N(C)c2nccc(C)c2CN)c1. The molecule has 0 radical (unpaired) electrons. The van der Waals surface area contributed by atoms with Crippen LogP contribution in [0.3, 0.4) is 0 Å². The summed E-state index contributed by atoms with van der Waals surface area (Å²) in [6.45, 7) is 4.66. The maximum Gasteiger partial charge on any atom is 0.137 e. The van der Waals surface area contributed by atoms with Crippen LogP contribution in [-0.2, 0) is 6.54 Å². The van der Waals surface area contributed by atoms with Gasteiger partial charge in [0.25, 0.3) is 0 Å². The van der Waals surface area contributed by atoms with Crippen LogP contribution in [0.4, 0.5) is 11.5 Å². The molecule has 0 aliphatic heterocycles. The number of hydrogen-bond acceptors (Lipinski definition) is 3. The molecule has 0 aliphatic carbocycles. The van der Waals surface area contributed by atoms with Crippen molar-refractivity contribution in [3.63, 3.8) is 0 Å². The van der Waals surface area contributed by atoms with Gasteiger partial charge in [-0.25, -0.2) is 4.98 Å². The predicted octanol–water partition coefficient (Wildman–Crippen LogP) is 2.93. The lowest BCUT2D eigenvalue weighted by atomic mass is 10.1. The topological polar surface area (TPSA) is 42.2 Å². The van der Waals surface area contributed by atoms with Gasteiger partial charge in [-0.15, -0.1) is 0 Å². The van der Waals surface area contributed by atoms with Crippen molar-refractivity contribution in [2.75, 3.05) is 11.9 Å². The van der Waals surface area contributed by atoms with E-state index < -0.39 is 0 Å².